The molecule has 0 aliphatic carbocycles. The molecular formula is C12H20N2O2S. The zero-order valence-electron chi connectivity index (χ0n) is 10.1. The van der Waals surface area contributed by atoms with E-state index < -0.39 is 15.1 Å². The van der Waals surface area contributed by atoms with Crippen LogP contribution in [-0.4, -0.2) is 57.0 Å². The summed E-state index contributed by atoms with van der Waals surface area (Å²) in [5.74, 6) is 6.33. The van der Waals surface area contributed by atoms with Crippen LogP contribution in [0.2, 0.25) is 0 Å². The Labute approximate surface area is 104 Å². The van der Waals surface area contributed by atoms with Crippen molar-refractivity contribution in [3.8, 4) is 11.8 Å². The molecule has 2 aliphatic heterocycles. The highest BCUT2D eigenvalue weighted by Crippen LogP contribution is 2.18. The van der Waals surface area contributed by atoms with Crippen LogP contribution in [0.25, 0.3) is 0 Å². The monoisotopic (exact) mass is 256 g/mol. The Bertz CT molecular complexity index is 402. The zero-order chi connectivity index (χ0) is 12.1. The fourth-order valence-electron chi connectivity index (χ4n) is 2.26. The maximum atomic E-state index is 11.7. The largest absolute Gasteiger partial charge is 0.314 e. The Balaban J connectivity index is 1.87. The van der Waals surface area contributed by atoms with E-state index in [1.54, 1.807) is 0 Å². The van der Waals surface area contributed by atoms with Gasteiger partial charge in [0.15, 0.2) is 9.84 Å². The Hall–Kier alpha value is -0.570. The minimum atomic E-state index is -2.93. The summed E-state index contributed by atoms with van der Waals surface area (Å²) in [5.41, 5.74) is 0. The average Bonchev–Trinajstić information content (AvgIpc) is 2.32. The smallest absolute Gasteiger partial charge is 0.164 e. The Morgan fingerprint density at radius 2 is 2.00 bits per heavy atom. The lowest BCUT2D eigenvalue weighted by atomic mass is 10.2. The molecule has 0 spiro atoms. The zero-order valence-corrected chi connectivity index (χ0v) is 10.9. The second-order valence-electron chi connectivity index (χ2n) is 4.70. The van der Waals surface area contributed by atoms with Crippen LogP contribution in [0.3, 0.4) is 0 Å². The lowest BCUT2D eigenvalue weighted by Crippen LogP contribution is -2.43. The normalized spacial score (nSPS) is 29.3. The quantitative estimate of drug-likeness (QED) is 0.664. The third kappa shape index (κ3) is 3.70. The van der Waals surface area contributed by atoms with Gasteiger partial charge in [-0.2, -0.15) is 0 Å². The first-order chi connectivity index (χ1) is 8.18. The standard InChI is InChI=1S/C12H20N2O2S/c15-17(16)11-2-1-4-12(17)5-3-8-14-9-6-13-7-10-14/h12-13H,1-2,4,6-11H2. The van der Waals surface area contributed by atoms with E-state index in [1.165, 1.54) is 0 Å². The van der Waals surface area contributed by atoms with Crippen LogP contribution >= 0.6 is 0 Å². The van der Waals surface area contributed by atoms with Crippen molar-refractivity contribution in [1.82, 2.24) is 10.2 Å². The lowest BCUT2D eigenvalue weighted by molar-refractivity contribution is 0.268. The van der Waals surface area contributed by atoms with Gasteiger partial charge in [0.2, 0.25) is 0 Å². The van der Waals surface area contributed by atoms with Gasteiger partial charge in [0, 0.05) is 26.2 Å². The van der Waals surface area contributed by atoms with Crippen LogP contribution in [0, 0.1) is 11.8 Å². The van der Waals surface area contributed by atoms with Gasteiger partial charge in [-0.25, -0.2) is 8.42 Å². The number of sulfone groups is 1. The molecule has 0 saturated carbocycles. The van der Waals surface area contributed by atoms with Gasteiger partial charge in [0.05, 0.1) is 12.3 Å². The summed E-state index contributed by atoms with van der Waals surface area (Å²) in [6, 6.07) is 0. The molecular weight excluding hydrogens is 236 g/mol. The molecule has 1 unspecified atom stereocenters. The number of rotatable bonds is 1. The number of piperazine rings is 1. The molecule has 96 valence electrons. The summed E-state index contributed by atoms with van der Waals surface area (Å²) in [5, 5.41) is 2.88. The van der Waals surface area contributed by atoms with Crippen molar-refractivity contribution in [3.63, 3.8) is 0 Å². The fourth-order valence-corrected chi connectivity index (χ4v) is 3.94. The summed E-state index contributed by atoms with van der Waals surface area (Å²) in [6.07, 6.45) is 2.52. The third-order valence-corrected chi connectivity index (χ3v) is 5.43. The maximum Gasteiger partial charge on any atom is 0.164 e. The average molecular weight is 256 g/mol. The van der Waals surface area contributed by atoms with Crippen molar-refractivity contribution in [2.75, 3.05) is 38.5 Å². The highest BCUT2D eigenvalue weighted by atomic mass is 32.2. The first kappa shape index (κ1) is 12.9. The van der Waals surface area contributed by atoms with Gasteiger partial charge >= 0.3 is 0 Å². The van der Waals surface area contributed by atoms with Crippen LogP contribution < -0.4 is 5.32 Å². The van der Waals surface area contributed by atoms with Gasteiger partial charge in [-0.1, -0.05) is 18.3 Å². The second-order valence-corrected chi connectivity index (χ2v) is 7.00. The number of nitrogens with zero attached hydrogens (tertiary/aromatic N) is 1. The minimum absolute atomic E-state index is 0.319. The predicted molar refractivity (Wildman–Crippen MR) is 68.5 cm³/mol. The topological polar surface area (TPSA) is 49.4 Å². The van der Waals surface area contributed by atoms with Gasteiger partial charge in [-0.05, 0) is 12.8 Å². The van der Waals surface area contributed by atoms with E-state index in [2.05, 4.69) is 22.1 Å². The highest BCUT2D eigenvalue weighted by Gasteiger charge is 2.26. The van der Waals surface area contributed by atoms with Crippen molar-refractivity contribution < 1.29 is 8.42 Å². The summed E-state index contributed by atoms with van der Waals surface area (Å²) < 4.78 is 23.5. The van der Waals surface area contributed by atoms with Gasteiger partial charge in [-0.3, -0.25) is 4.90 Å². The number of hydrogen-bond donors (Lipinski definition) is 1. The number of hydrogen-bond acceptors (Lipinski definition) is 4. The predicted octanol–water partition coefficient (Wildman–Crippen LogP) is -0.138. The SMILES string of the molecule is O=S1(=O)CCCCC1C#CCN1CCNCC1. The van der Waals surface area contributed by atoms with Crippen molar-refractivity contribution in [2.24, 2.45) is 0 Å². The van der Waals surface area contributed by atoms with Crippen LogP contribution in [0.4, 0.5) is 0 Å². The van der Waals surface area contributed by atoms with E-state index in [9.17, 15) is 8.42 Å². The van der Waals surface area contributed by atoms with Crippen molar-refractivity contribution in [1.29, 1.82) is 0 Å². The molecule has 4 nitrogen and oxygen atoms in total. The second kappa shape index (κ2) is 5.85. The third-order valence-electron chi connectivity index (χ3n) is 3.35. The molecule has 2 rings (SSSR count). The Morgan fingerprint density at radius 3 is 2.71 bits per heavy atom. The molecule has 1 N–H and O–H groups in total. The Morgan fingerprint density at radius 1 is 1.24 bits per heavy atom. The molecule has 2 aliphatic rings. The molecule has 5 heteroatoms. The van der Waals surface area contributed by atoms with Gasteiger partial charge in [0.1, 0.15) is 5.25 Å². The van der Waals surface area contributed by atoms with Crippen molar-refractivity contribution >= 4 is 9.84 Å². The van der Waals surface area contributed by atoms with Gasteiger partial charge < -0.3 is 5.32 Å². The van der Waals surface area contributed by atoms with Crippen molar-refractivity contribution in [3.05, 3.63) is 0 Å². The molecule has 17 heavy (non-hydrogen) atoms. The molecule has 1 atom stereocenters. The van der Waals surface area contributed by atoms with E-state index in [0.29, 0.717) is 12.3 Å². The van der Waals surface area contributed by atoms with E-state index in [-0.39, 0.29) is 0 Å². The van der Waals surface area contributed by atoms with E-state index in [4.69, 9.17) is 0 Å². The fraction of sp³-hybridized carbons (Fsp3) is 0.833. The summed E-state index contributed by atoms with van der Waals surface area (Å²) in [6.45, 7) is 4.72. The van der Waals surface area contributed by atoms with Gasteiger partial charge in [0.25, 0.3) is 0 Å². The summed E-state index contributed by atoms with van der Waals surface area (Å²) in [7, 11) is -2.93. The van der Waals surface area contributed by atoms with Crippen LogP contribution in [0.15, 0.2) is 0 Å². The summed E-state index contributed by atoms with van der Waals surface area (Å²) in [4.78, 5) is 2.26. The lowest BCUT2D eigenvalue weighted by Gasteiger charge is -2.25. The molecule has 0 bridgehead atoms. The molecule has 0 amide bonds. The van der Waals surface area contributed by atoms with E-state index in [1.807, 2.05) is 0 Å². The molecule has 0 radical (unpaired) electrons. The molecule has 2 saturated heterocycles. The van der Waals surface area contributed by atoms with E-state index in [0.717, 1.165) is 45.4 Å². The van der Waals surface area contributed by atoms with Crippen LogP contribution in [0.5, 0.6) is 0 Å². The number of nitrogens with one attached hydrogen (secondary N) is 1. The molecule has 0 aromatic heterocycles. The van der Waals surface area contributed by atoms with Gasteiger partial charge in [-0.15, -0.1) is 0 Å². The van der Waals surface area contributed by atoms with Crippen molar-refractivity contribution in [2.45, 2.75) is 24.5 Å². The van der Waals surface area contributed by atoms with E-state index >= 15 is 0 Å². The Kier molecular flexibility index (Phi) is 4.43. The van der Waals surface area contributed by atoms with Crippen LogP contribution in [-0.2, 0) is 9.84 Å². The summed E-state index contributed by atoms with van der Waals surface area (Å²) >= 11 is 0. The maximum absolute atomic E-state index is 11.7. The molecule has 2 heterocycles. The van der Waals surface area contributed by atoms with Crippen LogP contribution in [0.1, 0.15) is 19.3 Å². The highest BCUT2D eigenvalue weighted by molar-refractivity contribution is 7.92. The molecule has 2 fully saturated rings. The first-order valence-electron chi connectivity index (χ1n) is 6.31. The molecule has 0 aromatic carbocycles. The molecule has 0 aromatic rings. The minimum Gasteiger partial charge on any atom is -0.314 e. The first-order valence-corrected chi connectivity index (χ1v) is 8.03.